The molecule has 0 aliphatic rings. The number of thiophene rings is 1. The molecular formula is C13H17N3O2S. The molecule has 0 aromatic carbocycles. The number of nitrogens with one attached hydrogen (secondary N) is 1. The average Bonchev–Trinajstić information content (AvgIpc) is 2.75. The minimum Gasteiger partial charge on any atom is -0.462 e. The van der Waals surface area contributed by atoms with Crippen LogP contribution in [0.15, 0.2) is 6.33 Å². The summed E-state index contributed by atoms with van der Waals surface area (Å²) in [5.74, 6) is 0.501. The number of ether oxygens (including phenoxy) is 1. The molecule has 0 radical (unpaired) electrons. The maximum absolute atomic E-state index is 11.9. The molecule has 0 aliphatic heterocycles. The van der Waals surface area contributed by atoms with Crippen molar-refractivity contribution < 1.29 is 9.53 Å². The van der Waals surface area contributed by atoms with Crippen LogP contribution in [0.5, 0.6) is 0 Å². The van der Waals surface area contributed by atoms with Crippen molar-refractivity contribution in [1.29, 1.82) is 0 Å². The van der Waals surface area contributed by atoms with Crippen molar-refractivity contribution in [3.8, 4) is 0 Å². The molecule has 6 heteroatoms. The van der Waals surface area contributed by atoms with E-state index in [1.807, 2.05) is 6.92 Å². The number of nitrogens with zero attached hydrogens (tertiary/aromatic N) is 2. The highest BCUT2D eigenvalue weighted by Crippen LogP contribution is 2.33. The van der Waals surface area contributed by atoms with Crippen molar-refractivity contribution in [3.05, 3.63) is 16.8 Å². The van der Waals surface area contributed by atoms with Crippen molar-refractivity contribution in [2.24, 2.45) is 0 Å². The number of aryl methyl sites for hydroxylation is 1. The van der Waals surface area contributed by atoms with Crippen molar-refractivity contribution in [2.45, 2.75) is 27.2 Å². The van der Waals surface area contributed by atoms with Crippen LogP contribution in [0.25, 0.3) is 10.2 Å². The Morgan fingerprint density at radius 1 is 1.42 bits per heavy atom. The van der Waals surface area contributed by atoms with E-state index >= 15 is 0 Å². The van der Waals surface area contributed by atoms with Gasteiger partial charge in [-0.3, -0.25) is 0 Å². The lowest BCUT2D eigenvalue weighted by Crippen LogP contribution is -2.04. The number of carbonyl (C=O) groups excluding carboxylic acids is 1. The Morgan fingerprint density at radius 2 is 2.21 bits per heavy atom. The topological polar surface area (TPSA) is 64.1 Å². The zero-order valence-corrected chi connectivity index (χ0v) is 12.1. The lowest BCUT2D eigenvalue weighted by molar-refractivity contribution is 0.0531. The Labute approximate surface area is 116 Å². The van der Waals surface area contributed by atoms with E-state index in [9.17, 15) is 4.79 Å². The van der Waals surface area contributed by atoms with Gasteiger partial charge in [-0.1, -0.05) is 6.92 Å². The predicted octanol–water partition coefficient (Wildman–Crippen LogP) is 3.00. The monoisotopic (exact) mass is 279 g/mol. The summed E-state index contributed by atoms with van der Waals surface area (Å²) >= 11 is 1.35. The van der Waals surface area contributed by atoms with E-state index in [0.717, 1.165) is 34.6 Å². The zero-order chi connectivity index (χ0) is 13.8. The second-order valence-corrected chi connectivity index (χ2v) is 5.10. The molecule has 102 valence electrons. The summed E-state index contributed by atoms with van der Waals surface area (Å²) in [6, 6.07) is 0. The highest BCUT2D eigenvalue weighted by atomic mass is 32.1. The van der Waals surface area contributed by atoms with Gasteiger partial charge in [-0.2, -0.15) is 0 Å². The largest absolute Gasteiger partial charge is 0.462 e. The van der Waals surface area contributed by atoms with Crippen LogP contribution in [0.1, 0.15) is 35.5 Å². The van der Waals surface area contributed by atoms with Gasteiger partial charge in [0.15, 0.2) is 0 Å². The van der Waals surface area contributed by atoms with Crippen molar-refractivity contribution >= 4 is 33.3 Å². The molecule has 0 bridgehead atoms. The molecular weight excluding hydrogens is 262 g/mol. The van der Waals surface area contributed by atoms with Gasteiger partial charge in [-0.25, -0.2) is 14.8 Å². The minimum atomic E-state index is -0.288. The summed E-state index contributed by atoms with van der Waals surface area (Å²) in [5.41, 5.74) is 0.887. The van der Waals surface area contributed by atoms with Crippen LogP contribution >= 0.6 is 11.3 Å². The minimum absolute atomic E-state index is 0.288. The third-order valence-electron chi connectivity index (χ3n) is 2.73. The van der Waals surface area contributed by atoms with E-state index < -0.39 is 0 Å². The van der Waals surface area contributed by atoms with Crippen LogP contribution in [0.2, 0.25) is 0 Å². The number of anilines is 1. The van der Waals surface area contributed by atoms with Crippen molar-refractivity contribution in [2.75, 3.05) is 18.5 Å². The van der Waals surface area contributed by atoms with Crippen LogP contribution in [-0.2, 0) is 4.74 Å². The van der Waals surface area contributed by atoms with Crippen LogP contribution in [0.3, 0.4) is 0 Å². The molecule has 0 amide bonds. The lowest BCUT2D eigenvalue weighted by atomic mass is 10.2. The van der Waals surface area contributed by atoms with Crippen LogP contribution in [-0.4, -0.2) is 29.1 Å². The van der Waals surface area contributed by atoms with Crippen LogP contribution in [0.4, 0.5) is 5.82 Å². The molecule has 0 aliphatic carbocycles. The Hall–Kier alpha value is -1.69. The molecule has 2 aromatic rings. The van der Waals surface area contributed by atoms with Gasteiger partial charge in [-0.15, -0.1) is 11.3 Å². The molecule has 2 aromatic heterocycles. The second-order valence-electron chi connectivity index (χ2n) is 4.11. The smallest absolute Gasteiger partial charge is 0.348 e. The van der Waals surface area contributed by atoms with Gasteiger partial charge in [0.05, 0.1) is 12.0 Å². The first kappa shape index (κ1) is 13.7. The molecule has 0 unspecified atom stereocenters. The summed E-state index contributed by atoms with van der Waals surface area (Å²) in [4.78, 5) is 21.8. The molecule has 2 rings (SSSR count). The molecule has 0 saturated heterocycles. The predicted molar refractivity (Wildman–Crippen MR) is 76.9 cm³/mol. The normalized spacial score (nSPS) is 10.7. The fraction of sp³-hybridized carbons (Fsp3) is 0.462. The molecule has 1 N–H and O–H groups in total. The Bertz CT molecular complexity index is 595. The highest BCUT2D eigenvalue weighted by molar-refractivity contribution is 7.20. The molecule has 2 heterocycles. The Kier molecular flexibility index (Phi) is 4.31. The van der Waals surface area contributed by atoms with Gasteiger partial charge in [0, 0.05) is 6.54 Å². The zero-order valence-electron chi connectivity index (χ0n) is 11.3. The third-order valence-corrected chi connectivity index (χ3v) is 3.91. The maximum atomic E-state index is 11.9. The molecule has 0 saturated carbocycles. The first-order valence-electron chi connectivity index (χ1n) is 6.34. The average molecular weight is 279 g/mol. The first-order chi connectivity index (χ1) is 9.19. The fourth-order valence-electron chi connectivity index (χ4n) is 1.84. The number of hydrogen-bond donors (Lipinski definition) is 1. The standard InChI is InChI=1S/C13H17N3O2S/c1-4-6-14-11-9-8(3)10(13(17)18-5-2)19-12(9)16-7-15-11/h7H,4-6H2,1-3H3,(H,14,15,16). The van der Waals surface area contributed by atoms with E-state index in [2.05, 4.69) is 22.2 Å². The molecule has 5 nitrogen and oxygen atoms in total. The van der Waals surface area contributed by atoms with E-state index in [1.165, 1.54) is 17.7 Å². The van der Waals surface area contributed by atoms with Gasteiger partial charge in [-0.05, 0) is 25.8 Å². The molecule has 0 spiro atoms. The van der Waals surface area contributed by atoms with E-state index in [4.69, 9.17) is 4.74 Å². The number of esters is 1. The number of aromatic nitrogens is 2. The number of carbonyl (C=O) groups is 1. The van der Waals surface area contributed by atoms with Crippen molar-refractivity contribution in [3.63, 3.8) is 0 Å². The summed E-state index contributed by atoms with van der Waals surface area (Å²) in [7, 11) is 0. The Morgan fingerprint density at radius 3 is 2.89 bits per heavy atom. The number of hydrogen-bond acceptors (Lipinski definition) is 6. The quantitative estimate of drug-likeness (QED) is 0.852. The number of rotatable bonds is 5. The summed E-state index contributed by atoms with van der Waals surface area (Å²) in [6.45, 7) is 7.02. The molecule has 0 fully saturated rings. The highest BCUT2D eigenvalue weighted by Gasteiger charge is 2.19. The lowest BCUT2D eigenvalue weighted by Gasteiger charge is -2.05. The SMILES string of the molecule is CCCNc1ncnc2sc(C(=O)OCC)c(C)c12. The van der Waals surface area contributed by atoms with Gasteiger partial charge < -0.3 is 10.1 Å². The van der Waals surface area contributed by atoms with E-state index in [1.54, 1.807) is 6.92 Å². The van der Waals surface area contributed by atoms with Crippen molar-refractivity contribution in [1.82, 2.24) is 9.97 Å². The second kappa shape index (κ2) is 5.97. The Balaban J connectivity index is 2.48. The van der Waals surface area contributed by atoms with Gasteiger partial charge in [0.25, 0.3) is 0 Å². The fourth-order valence-corrected chi connectivity index (χ4v) is 2.88. The summed E-state index contributed by atoms with van der Waals surface area (Å²) in [5, 5.41) is 4.19. The molecule has 19 heavy (non-hydrogen) atoms. The van der Waals surface area contributed by atoms with E-state index in [0.29, 0.717) is 11.5 Å². The van der Waals surface area contributed by atoms with Gasteiger partial charge >= 0.3 is 5.97 Å². The van der Waals surface area contributed by atoms with Gasteiger partial charge in [0.1, 0.15) is 21.9 Å². The van der Waals surface area contributed by atoms with Crippen LogP contribution < -0.4 is 5.32 Å². The van der Waals surface area contributed by atoms with Crippen LogP contribution in [0, 0.1) is 6.92 Å². The first-order valence-corrected chi connectivity index (χ1v) is 7.15. The van der Waals surface area contributed by atoms with Gasteiger partial charge in [0.2, 0.25) is 0 Å². The summed E-state index contributed by atoms with van der Waals surface area (Å²) < 4.78 is 5.06. The third kappa shape index (κ3) is 2.68. The maximum Gasteiger partial charge on any atom is 0.348 e. The van der Waals surface area contributed by atoms with E-state index in [-0.39, 0.29) is 5.97 Å². The summed E-state index contributed by atoms with van der Waals surface area (Å²) in [6.07, 6.45) is 2.53. The number of fused-ring (bicyclic) bond motifs is 1. The molecule has 0 atom stereocenters.